The lowest BCUT2D eigenvalue weighted by Crippen LogP contribution is -2.58. The molecular formula is C18H25N5O. The molecule has 0 atom stereocenters. The van der Waals surface area contributed by atoms with Crippen LogP contribution in [0.3, 0.4) is 0 Å². The van der Waals surface area contributed by atoms with Crippen LogP contribution in [0.1, 0.15) is 55.7 Å². The minimum atomic E-state index is 0.369. The molecule has 2 aromatic rings. The van der Waals surface area contributed by atoms with Crippen LogP contribution in [0.5, 0.6) is 0 Å². The highest BCUT2D eigenvalue weighted by atomic mass is 16.3. The monoisotopic (exact) mass is 327 g/mol. The molecule has 0 N–H and O–H groups in total. The summed E-state index contributed by atoms with van der Waals surface area (Å²) < 4.78 is 5.52. The van der Waals surface area contributed by atoms with Crippen LogP contribution < -0.4 is 4.90 Å². The van der Waals surface area contributed by atoms with E-state index in [4.69, 9.17) is 4.42 Å². The van der Waals surface area contributed by atoms with E-state index in [-0.39, 0.29) is 0 Å². The molecule has 128 valence electrons. The fourth-order valence-corrected chi connectivity index (χ4v) is 3.25. The third-order valence-electron chi connectivity index (χ3n) is 5.07. The Bertz CT molecular complexity index is 686. The van der Waals surface area contributed by atoms with Gasteiger partial charge < -0.3 is 9.32 Å². The van der Waals surface area contributed by atoms with E-state index in [9.17, 15) is 0 Å². The van der Waals surface area contributed by atoms with Crippen molar-refractivity contribution in [3.8, 4) is 0 Å². The Hall–Kier alpha value is -1.95. The van der Waals surface area contributed by atoms with E-state index in [1.165, 1.54) is 12.8 Å². The first-order chi connectivity index (χ1) is 11.6. The van der Waals surface area contributed by atoms with Gasteiger partial charge in [-0.2, -0.15) is 5.10 Å². The van der Waals surface area contributed by atoms with Gasteiger partial charge in [-0.3, -0.25) is 4.90 Å². The maximum absolute atomic E-state index is 5.52. The lowest BCUT2D eigenvalue weighted by molar-refractivity contribution is 0.193. The molecule has 3 heterocycles. The van der Waals surface area contributed by atoms with Crippen molar-refractivity contribution in [1.29, 1.82) is 0 Å². The fraction of sp³-hybridized carbons (Fsp3) is 0.611. The van der Waals surface area contributed by atoms with Gasteiger partial charge in [0.15, 0.2) is 12.2 Å². The van der Waals surface area contributed by atoms with Gasteiger partial charge in [0, 0.05) is 37.5 Å². The van der Waals surface area contributed by atoms with Gasteiger partial charge in [0.25, 0.3) is 0 Å². The molecule has 1 saturated carbocycles. The van der Waals surface area contributed by atoms with E-state index in [0.717, 1.165) is 42.6 Å². The Balaban J connectivity index is 1.32. The average Bonchev–Trinajstić information content (AvgIpc) is 3.26. The number of anilines is 1. The van der Waals surface area contributed by atoms with Crippen molar-refractivity contribution >= 4 is 5.82 Å². The Kier molecular flexibility index (Phi) is 4.00. The van der Waals surface area contributed by atoms with Crippen LogP contribution in [0, 0.1) is 0 Å². The standard InChI is InChI=1S/C18H25N5O/c1-12(2)18-16(19-11-24-18)10-22(3)14-8-23(9-14)17-7-6-15(20-21-17)13-4-5-13/h6-7,11-14H,4-5,8-10H2,1-3H3. The molecule has 6 heteroatoms. The molecule has 1 aliphatic heterocycles. The SMILES string of the molecule is CC(C)c1ocnc1CN(C)C1CN(c2ccc(C3CC3)nn2)C1. The maximum Gasteiger partial charge on any atom is 0.181 e. The van der Waals surface area contributed by atoms with E-state index in [0.29, 0.717) is 17.9 Å². The second-order valence-electron chi connectivity index (χ2n) is 7.38. The summed E-state index contributed by atoms with van der Waals surface area (Å²) in [6.07, 6.45) is 4.10. The molecule has 1 aliphatic carbocycles. The van der Waals surface area contributed by atoms with Crippen LogP contribution >= 0.6 is 0 Å². The summed E-state index contributed by atoms with van der Waals surface area (Å²) in [6.45, 7) is 7.08. The van der Waals surface area contributed by atoms with Gasteiger partial charge in [0.05, 0.1) is 11.4 Å². The zero-order valence-electron chi connectivity index (χ0n) is 14.6. The van der Waals surface area contributed by atoms with Crippen molar-refractivity contribution in [2.45, 2.75) is 51.1 Å². The number of hydrogen-bond donors (Lipinski definition) is 0. The third-order valence-corrected chi connectivity index (χ3v) is 5.07. The molecule has 0 bridgehead atoms. The van der Waals surface area contributed by atoms with Crippen molar-refractivity contribution in [1.82, 2.24) is 20.1 Å². The quantitative estimate of drug-likeness (QED) is 0.813. The van der Waals surface area contributed by atoms with Gasteiger partial charge in [0.2, 0.25) is 0 Å². The van der Waals surface area contributed by atoms with Gasteiger partial charge >= 0.3 is 0 Å². The summed E-state index contributed by atoms with van der Waals surface area (Å²) in [6, 6.07) is 4.78. The zero-order chi connectivity index (χ0) is 16.7. The highest BCUT2D eigenvalue weighted by molar-refractivity contribution is 5.42. The maximum atomic E-state index is 5.52. The van der Waals surface area contributed by atoms with Crippen LogP contribution in [0.15, 0.2) is 22.9 Å². The summed E-state index contributed by atoms with van der Waals surface area (Å²) in [7, 11) is 2.16. The normalized spacial score (nSPS) is 18.5. The Morgan fingerprint density at radius 1 is 1.25 bits per heavy atom. The first kappa shape index (κ1) is 15.6. The summed E-state index contributed by atoms with van der Waals surface area (Å²) in [5.41, 5.74) is 2.21. The molecule has 4 rings (SSSR count). The topological polar surface area (TPSA) is 58.3 Å². The third kappa shape index (κ3) is 3.02. The van der Waals surface area contributed by atoms with Crippen molar-refractivity contribution in [2.24, 2.45) is 0 Å². The second kappa shape index (κ2) is 6.16. The molecular weight excluding hydrogens is 302 g/mol. The van der Waals surface area contributed by atoms with E-state index in [1.54, 1.807) is 6.39 Å². The van der Waals surface area contributed by atoms with E-state index >= 15 is 0 Å². The molecule has 0 unspecified atom stereocenters. The lowest BCUT2D eigenvalue weighted by Gasteiger charge is -2.44. The predicted octanol–water partition coefficient (Wildman–Crippen LogP) is 2.79. The minimum Gasteiger partial charge on any atom is -0.448 e. The smallest absolute Gasteiger partial charge is 0.181 e. The fourth-order valence-electron chi connectivity index (χ4n) is 3.25. The van der Waals surface area contributed by atoms with Crippen LogP contribution in [0.4, 0.5) is 5.82 Å². The number of oxazole rings is 1. The number of likely N-dealkylation sites (N-methyl/N-ethyl adjacent to an activating group) is 1. The van der Waals surface area contributed by atoms with Crippen LogP contribution in [0.25, 0.3) is 0 Å². The van der Waals surface area contributed by atoms with Crippen molar-refractivity contribution in [3.05, 3.63) is 35.7 Å². The van der Waals surface area contributed by atoms with Gasteiger partial charge in [-0.15, -0.1) is 5.10 Å². The van der Waals surface area contributed by atoms with Crippen LogP contribution in [0.2, 0.25) is 0 Å². The molecule has 6 nitrogen and oxygen atoms in total. The second-order valence-corrected chi connectivity index (χ2v) is 7.38. The summed E-state index contributed by atoms with van der Waals surface area (Å²) >= 11 is 0. The van der Waals surface area contributed by atoms with Crippen molar-refractivity contribution < 1.29 is 4.42 Å². The highest BCUT2D eigenvalue weighted by Gasteiger charge is 2.32. The summed E-state index contributed by atoms with van der Waals surface area (Å²) in [5, 5.41) is 8.78. The molecule has 0 spiro atoms. The van der Waals surface area contributed by atoms with Crippen molar-refractivity contribution in [2.75, 3.05) is 25.0 Å². The highest BCUT2D eigenvalue weighted by Crippen LogP contribution is 2.38. The lowest BCUT2D eigenvalue weighted by atomic mass is 10.1. The first-order valence-corrected chi connectivity index (χ1v) is 8.83. The largest absolute Gasteiger partial charge is 0.448 e. The molecule has 0 aromatic carbocycles. The number of rotatable bonds is 6. The zero-order valence-corrected chi connectivity index (χ0v) is 14.6. The molecule has 0 radical (unpaired) electrons. The van der Waals surface area contributed by atoms with Crippen LogP contribution in [-0.2, 0) is 6.54 Å². The Labute approximate surface area is 142 Å². The molecule has 2 aromatic heterocycles. The van der Waals surface area contributed by atoms with Gasteiger partial charge in [-0.25, -0.2) is 4.98 Å². The molecule has 2 fully saturated rings. The van der Waals surface area contributed by atoms with E-state index in [1.807, 2.05) is 0 Å². The van der Waals surface area contributed by atoms with E-state index in [2.05, 4.69) is 58.0 Å². The first-order valence-electron chi connectivity index (χ1n) is 8.83. The van der Waals surface area contributed by atoms with Crippen LogP contribution in [-0.4, -0.2) is 46.3 Å². The summed E-state index contributed by atoms with van der Waals surface area (Å²) in [4.78, 5) is 9.03. The summed E-state index contributed by atoms with van der Waals surface area (Å²) in [5.74, 6) is 3.03. The minimum absolute atomic E-state index is 0.369. The number of hydrogen-bond acceptors (Lipinski definition) is 6. The Morgan fingerprint density at radius 2 is 2.04 bits per heavy atom. The predicted molar refractivity (Wildman–Crippen MR) is 92.1 cm³/mol. The Morgan fingerprint density at radius 3 is 2.67 bits per heavy atom. The number of nitrogens with zero attached hydrogens (tertiary/aromatic N) is 5. The molecule has 24 heavy (non-hydrogen) atoms. The molecule has 0 amide bonds. The van der Waals surface area contributed by atoms with E-state index < -0.39 is 0 Å². The van der Waals surface area contributed by atoms with Gasteiger partial charge in [-0.1, -0.05) is 13.8 Å². The number of aromatic nitrogens is 3. The van der Waals surface area contributed by atoms with Gasteiger partial charge in [0.1, 0.15) is 5.76 Å². The average molecular weight is 327 g/mol. The molecule has 2 aliphatic rings. The van der Waals surface area contributed by atoms with Crippen molar-refractivity contribution in [3.63, 3.8) is 0 Å². The van der Waals surface area contributed by atoms with Gasteiger partial charge in [-0.05, 0) is 32.0 Å². The molecule has 1 saturated heterocycles.